The van der Waals surface area contributed by atoms with E-state index in [1.807, 2.05) is 49.1 Å². The van der Waals surface area contributed by atoms with Crippen molar-refractivity contribution in [2.24, 2.45) is 23.7 Å². The number of fused-ring (bicyclic) bond motifs is 1. The topological polar surface area (TPSA) is 81.2 Å². The van der Waals surface area contributed by atoms with Crippen molar-refractivity contribution in [1.29, 1.82) is 0 Å². The van der Waals surface area contributed by atoms with Gasteiger partial charge in [-0.1, -0.05) is 76.6 Å². The smallest absolute Gasteiger partial charge is 0.247 e. The molecule has 3 saturated heterocycles. The van der Waals surface area contributed by atoms with E-state index in [-0.39, 0.29) is 47.5 Å². The molecule has 3 heterocycles. The van der Waals surface area contributed by atoms with Crippen LogP contribution in [0, 0.1) is 23.7 Å². The molecule has 3 aliphatic rings. The highest BCUT2D eigenvalue weighted by atomic mass is 32.2. The lowest BCUT2D eigenvalue weighted by molar-refractivity contribution is -0.148. The molecule has 3 aliphatic heterocycles. The molecule has 1 spiro atoms. The Morgan fingerprint density at radius 2 is 1.81 bits per heavy atom. The van der Waals surface area contributed by atoms with Gasteiger partial charge < -0.3 is 19.8 Å². The number of benzene rings is 1. The second-order valence-corrected chi connectivity index (χ2v) is 14.3. The number of thioether (sulfide) groups is 1. The molecule has 3 fully saturated rings. The first-order chi connectivity index (χ1) is 20.1. The van der Waals surface area contributed by atoms with Crippen molar-refractivity contribution in [2.45, 2.75) is 88.5 Å². The van der Waals surface area contributed by atoms with Crippen LogP contribution in [0.25, 0.3) is 0 Å². The Kier molecular flexibility index (Phi) is 10.3. The molecular formula is C34H49N3O4S. The second-order valence-electron chi connectivity index (χ2n) is 12.7. The normalized spacial score (nSPS) is 29.4. The Hall–Kier alpha value is -2.58. The maximum atomic E-state index is 14.8. The molecule has 42 heavy (non-hydrogen) atoms. The van der Waals surface area contributed by atoms with E-state index in [2.05, 4.69) is 33.9 Å². The lowest BCUT2D eigenvalue weighted by Gasteiger charge is -2.44. The summed E-state index contributed by atoms with van der Waals surface area (Å²) in [6.45, 7) is 19.0. The minimum atomic E-state index is -0.751. The summed E-state index contributed by atoms with van der Waals surface area (Å²) in [7, 11) is 0. The number of hydrogen-bond acceptors (Lipinski definition) is 5. The van der Waals surface area contributed by atoms with E-state index < -0.39 is 28.7 Å². The zero-order chi connectivity index (χ0) is 30.8. The quantitative estimate of drug-likeness (QED) is 0.314. The van der Waals surface area contributed by atoms with Gasteiger partial charge in [-0.3, -0.25) is 14.4 Å². The fourth-order valence-corrected chi connectivity index (χ4v) is 10.2. The number of nitrogens with zero attached hydrogens (tertiary/aromatic N) is 3. The molecule has 0 aromatic heterocycles. The molecule has 4 rings (SSSR count). The van der Waals surface area contributed by atoms with Crippen molar-refractivity contribution >= 4 is 29.5 Å². The molecule has 8 heteroatoms. The molecule has 0 saturated carbocycles. The van der Waals surface area contributed by atoms with Crippen molar-refractivity contribution in [1.82, 2.24) is 14.7 Å². The predicted molar refractivity (Wildman–Crippen MR) is 170 cm³/mol. The SMILES string of the molecule is C=CCN(Cc1ccccc1)C(=O)[C@@H]1[C@H]2C(=O)N([C@@H](CO)C(C)C)C(C(=O)N(CC=C)C(C)CCC)C23S[C@@H]1CC3C. The molecule has 1 N–H and O–H groups in total. The summed E-state index contributed by atoms with van der Waals surface area (Å²) in [4.78, 5) is 49.3. The van der Waals surface area contributed by atoms with E-state index >= 15 is 0 Å². The summed E-state index contributed by atoms with van der Waals surface area (Å²) >= 11 is 1.69. The number of aliphatic hydroxyl groups excluding tert-OH is 1. The van der Waals surface area contributed by atoms with E-state index in [9.17, 15) is 19.5 Å². The van der Waals surface area contributed by atoms with Crippen molar-refractivity contribution < 1.29 is 19.5 Å². The van der Waals surface area contributed by atoms with Gasteiger partial charge in [-0.05, 0) is 37.2 Å². The Balaban J connectivity index is 1.80. The third kappa shape index (κ3) is 5.45. The van der Waals surface area contributed by atoms with Gasteiger partial charge in [0, 0.05) is 30.9 Å². The number of carbonyl (C=O) groups is 3. The van der Waals surface area contributed by atoms with Crippen LogP contribution in [-0.4, -0.2) is 85.3 Å². The van der Waals surface area contributed by atoms with Gasteiger partial charge in [0.05, 0.1) is 29.2 Å². The number of carbonyl (C=O) groups excluding carboxylic acids is 3. The molecule has 0 aliphatic carbocycles. The van der Waals surface area contributed by atoms with Gasteiger partial charge >= 0.3 is 0 Å². The lowest BCUT2D eigenvalue weighted by atomic mass is 9.65. The minimum absolute atomic E-state index is 0.0233. The van der Waals surface area contributed by atoms with Crippen LogP contribution in [0.3, 0.4) is 0 Å². The predicted octanol–water partition coefficient (Wildman–Crippen LogP) is 4.76. The summed E-state index contributed by atoms with van der Waals surface area (Å²) in [6, 6.07) is 8.57. The number of aliphatic hydroxyl groups is 1. The fraction of sp³-hybridized carbons (Fsp3) is 0.618. The molecule has 2 bridgehead atoms. The summed E-state index contributed by atoms with van der Waals surface area (Å²) in [5.41, 5.74) is 1.02. The Labute approximate surface area is 256 Å². The summed E-state index contributed by atoms with van der Waals surface area (Å²) in [5.74, 6) is -1.47. The van der Waals surface area contributed by atoms with Gasteiger partial charge in [-0.25, -0.2) is 0 Å². The third-order valence-corrected chi connectivity index (χ3v) is 11.8. The molecule has 1 aromatic carbocycles. The van der Waals surface area contributed by atoms with Gasteiger partial charge in [0.2, 0.25) is 17.7 Å². The standard InChI is InChI=1S/C34H49N3O4S/c1-8-14-24(7)36(18-10-3)33(41)30-34-23(6)19-27(42-34)28(29(34)32(40)37(30)26(21-38)22(4)5)31(39)35(17-9-2)20-25-15-12-11-13-16-25/h9-13,15-16,22-24,26-30,38H,2-3,8,14,17-21H2,1,4-7H3/t23?,24?,26-,27+,28-,29-,30?,34?/m0/s1. The van der Waals surface area contributed by atoms with Crippen molar-refractivity contribution in [2.75, 3.05) is 19.7 Å². The van der Waals surface area contributed by atoms with Gasteiger partial charge in [0.25, 0.3) is 0 Å². The maximum absolute atomic E-state index is 14.8. The zero-order valence-electron chi connectivity index (χ0n) is 25.9. The lowest BCUT2D eigenvalue weighted by Crippen LogP contribution is -2.61. The van der Waals surface area contributed by atoms with Crippen LogP contribution in [-0.2, 0) is 20.9 Å². The zero-order valence-corrected chi connectivity index (χ0v) is 26.8. The highest BCUT2D eigenvalue weighted by molar-refractivity contribution is 8.02. The number of hydrogen-bond donors (Lipinski definition) is 1. The Bertz CT molecular complexity index is 1160. The van der Waals surface area contributed by atoms with E-state index in [0.29, 0.717) is 19.6 Å². The average Bonchev–Trinajstić information content (AvgIpc) is 3.55. The van der Waals surface area contributed by atoms with Crippen LogP contribution in [0.15, 0.2) is 55.6 Å². The Morgan fingerprint density at radius 1 is 1.14 bits per heavy atom. The first-order valence-electron chi connectivity index (χ1n) is 15.5. The average molecular weight is 596 g/mol. The summed E-state index contributed by atoms with van der Waals surface area (Å²) in [6.07, 6.45) is 6.02. The van der Waals surface area contributed by atoms with Gasteiger partial charge in [0.15, 0.2) is 0 Å². The molecule has 7 nitrogen and oxygen atoms in total. The third-order valence-electron chi connectivity index (χ3n) is 9.74. The Morgan fingerprint density at radius 3 is 2.38 bits per heavy atom. The van der Waals surface area contributed by atoms with Crippen molar-refractivity contribution in [3.05, 3.63) is 61.2 Å². The number of likely N-dealkylation sites (tertiary alicyclic amines) is 1. The van der Waals surface area contributed by atoms with Gasteiger partial charge in [0.1, 0.15) is 6.04 Å². The van der Waals surface area contributed by atoms with Crippen molar-refractivity contribution in [3.63, 3.8) is 0 Å². The molecule has 0 radical (unpaired) electrons. The summed E-state index contributed by atoms with van der Waals surface area (Å²) in [5, 5.41) is 10.5. The van der Waals surface area contributed by atoms with E-state index in [4.69, 9.17) is 0 Å². The van der Waals surface area contributed by atoms with E-state index in [0.717, 1.165) is 24.8 Å². The summed E-state index contributed by atoms with van der Waals surface area (Å²) < 4.78 is -0.737. The van der Waals surface area contributed by atoms with Gasteiger partial charge in [-0.15, -0.1) is 24.9 Å². The maximum Gasteiger partial charge on any atom is 0.247 e. The van der Waals surface area contributed by atoms with Crippen molar-refractivity contribution in [3.8, 4) is 0 Å². The van der Waals surface area contributed by atoms with Crippen LogP contribution in [0.2, 0.25) is 0 Å². The molecule has 230 valence electrons. The van der Waals surface area contributed by atoms with Crippen LogP contribution in [0.4, 0.5) is 0 Å². The minimum Gasteiger partial charge on any atom is -0.394 e. The number of amides is 3. The van der Waals surface area contributed by atoms with E-state index in [1.54, 1.807) is 33.7 Å². The molecule has 4 unspecified atom stereocenters. The number of rotatable bonds is 14. The van der Waals surface area contributed by atoms with Crippen LogP contribution in [0.1, 0.15) is 59.4 Å². The highest BCUT2D eigenvalue weighted by Crippen LogP contribution is 2.69. The van der Waals surface area contributed by atoms with Crippen LogP contribution < -0.4 is 0 Å². The molecule has 8 atom stereocenters. The largest absolute Gasteiger partial charge is 0.394 e. The van der Waals surface area contributed by atoms with Gasteiger partial charge in [-0.2, -0.15) is 0 Å². The first kappa shape index (κ1) is 32.3. The molecular weight excluding hydrogens is 546 g/mol. The second kappa shape index (κ2) is 13.4. The van der Waals surface area contributed by atoms with Crippen LogP contribution >= 0.6 is 11.8 Å². The van der Waals surface area contributed by atoms with Crippen LogP contribution in [0.5, 0.6) is 0 Å². The first-order valence-corrected chi connectivity index (χ1v) is 16.4. The monoisotopic (exact) mass is 595 g/mol. The molecule has 1 aromatic rings. The highest BCUT2D eigenvalue weighted by Gasteiger charge is 2.77. The van der Waals surface area contributed by atoms with E-state index in [1.165, 1.54) is 0 Å². The molecule has 3 amide bonds. The fourth-order valence-electron chi connectivity index (χ4n) is 7.76.